The maximum Gasteiger partial charge on any atom is 0.136 e. The Morgan fingerprint density at radius 2 is 1.69 bits per heavy atom. The fraction of sp³-hybridized carbons (Fsp3) is 0.933. The lowest BCUT2D eigenvalue weighted by Crippen LogP contribution is -2.30. The summed E-state index contributed by atoms with van der Waals surface area (Å²) >= 11 is 0. The van der Waals surface area contributed by atoms with E-state index in [2.05, 4.69) is 6.92 Å². The number of carbonyl (C=O) groups is 1. The van der Waals surface area contributed by atoms with E-state index in [0.717, 1.165) is 30.1 Å². The molecular weight excluding hydrogens is 196 g/mol. The van der Waals surface area contributed by atoms with E-state index in [-0.39, 0.29) is 0 Å². The summed E-state index contributed by atoms with van der Waals surface area (Å²) in [6.07, 6.45) is 10.3. The summed E-state index contributed by atoms with van der Waals surface area (Å²) in [5, 5.41) is 0. The van der Waals surface area contributed by atoms with E-state index in [1.807, 2.05) is 0 Å². The normalized spacial score (nSPS) is 48.3. The molecule has 0 amide bonds. The lowest BCUT2D eigenvalue weighted by molar-refractivity contribution is -0.126. The van der Waals surface area contributed by atoms with Gasteiger partial charge in [-0.2, -0.15) is 0 Å². The number of rotatable bonds is 1. The van der Waals surface area contributed by atoms with E-state index in [1.165, 1.54) is 44.9 Å². The molecule has 0 N–H and O–H groups in total. The Labute approximate surface area is 99.0 Å². The van der Waals surface area contributed by atoms with Gasteiger partial charge in [0, 0.05) is 12.3 Å². The molecule has 5 atom stereocenters. The summed E-state index contributed by atoms with van der Waals surface area (Å²) in [7, 11) is 0. The molecule has 3 rings (SSSR count). The maximum absolute atomic E-state index is 11.9. The first kappa shape index (κ1) is 10.8. The summed E-state index contributed by atoms with van der Waals surface area (Å²) in [5.74, 6) is 4.66. The summed E-state index contributed by atoms with van der Waals surface area (Å²) in [5.41, 5.74) is 0. The molecule has 0 aromatic heterocycles. The molecule has 3 aliphatic carbocycles. The molecule has 0 aromatic carbocycles. The first-order chi connectivity index (χ1) is 7.77. The Balaban J connectivity index is 1.75. The predicted octanol–water partition coefficient (Wildman–Crippen LogP) is 3.82. The Hall–Kier alpha value is -0.330. The van der Waals surface area contributed by atoms with Gasteiger partial charge in [-0.05, 0) is 55.8 Å². The molecule has 0 aliphatic heterocycles. The first-order valence-electron chi connectivity index (χ1n) is 7.30. The molecule has 0 aromatic rings. The Morgan fingerprint density at radius 3 is 2.44 bits per heavy atom. The van der Waals surface area contributed by atoms with Crippen LogP contribution in [0.3, 0.4) is 0 Å². The summed E-state index contributed by atoms with van der Waals surface area (Å²) in [4.78, 5) is 11.9. The minimum Gasteiger partial charge on any atom is -0.299 e. The minimum atomic E-state index is 0.478. The fourth-order valence-corrected chi connectivity index (χ4v) is 4.95. The number of ketones is 1. The van der Waals surface area contributed by atoms with Crippen LogP contribution in [0.4, 0.5) is 0 Å². The van der Waals surface area contributed by atoms with E-state index in [9.17, 15) is 4.79 Å². The van der Waals surface area contributed by atoms with Gasteiger partial charge in [-0.15, -0.1) is 0 Å². The average Bonchev–Trinajstić information content (AvgIpc) is 2.84. The van der Waals surface area contributed by atoms with Crippen molar-refractivity contribution < 1.29 is 4.79 Å². The van der Waals surface area contributed by atoms with Crippen LogP contribution >= 0.6 is 0 Å². The Kier molecular flexibility index (Phi) is 2.81. The minimum absolute atomic E-state index is 0.478. The van der Waals surface area contributed by atoms with Crippen molar-refractivity contribution >= 4 is 5.78 Å². The predicted molar refractivity (Wildman–Crippen MR) is 65.1 cm³/mol. The van der Waals surface area contributed by atoms with Crippen molar-refractivity contribution in [2.24, 2.45) is 29.6 Å². The van der Waals surface area contributed by atoms with Crippen LogP contribution in [-0.2, 0) is 4.79 Å². The molecule has 3 saturated carbocycles. The van der Waals surface area contributed by atoms with Gasteiger partial charge in [-0.25, -0.2) is 0 Å². The van der Waals surface area contributed by atoms with Gasteiger partial charge in [0.2, 0.25) is 0 Å². The molecule has 0 bridgehead atoms. The van der Waals surface area contributed by atoms with Crippen LogP contribution in [0.2, 0.25) is 0 Å². The zero-order chi connectivity index (χ0) is 11.1. The van der Waals surface area contributed by atoms with Gasteiger partial charge < -0.3 is 0 Å². The van der Waals surface area contributed by atoms with Crippen LogP contribution in [0.25, 0.3) is 0 Å². The maximum atomic E-state index is 11.9. The average molecular weight is 220 g/mol. The van der Waals surface area contributed by atoms with Crippen molar-refractivity contribution in [2.75, 3.05) is 0 Å². The zero-order valence-corrected chi connectivity index (χ0v) is 10.5. The van der Waals surface area contributed by atoms with Crippen molar-refractivity contribution in [3.63, 3.8) is 0 Å². The van der Waals surface area contributed by atoms with Crippen LogP contribution in [0, 0.1) is 29.6 Å². The number of hydrogen-bond acceptors (Lipinski definition) is 1. The monoisotopic (exact) mass is 220 g/mol. The summed E-state index contributed by atoms with van der Waals surface area (Å²) < 4.78 is 0. The van der Waals surface area contributed by atoms with Gasteiger partial charge in [-0.1, -0.05) is 19.8 Å². The van der Waals surface area contributed by atoms with Crippen molar-refractivity contribution in [1.82, 2.24) is 0 Å². The summed E-state index contributed by atoms with van der Waals surface area (Å²) in [6.45, 7) is 2.44. The first-order valence-corrected chi connectivity index (χ1v) is 7.30. The molecule has 0 spiro atoms. The van der Waals surface area contributed by atoms with E-state index in [4.69, 9.17) is 0 Å². The van der Waals surface area contributed by atoms with Crippen molar-refractivity contribution in [3.8, 4) is 0 Å². The molecule has 1 nitrogen and oxygen atoms in total. The van der Waals surface area contributed by atoms with Gasteiger partial charge in [0.15, 0.2) is 0 Å². The Morgan fingerprint density at radius 1 is 0.875 bits per heavy atom. The van der Waals surface area contributed by atoms with E-state index in [1.54, 1.807) is 0 Å². The number of carbonyl (C=O) groups excluding carboxylic acids is 1. The molecule has 16 heavy (non-hydrogen) atoms. The van der Waals surface area contributed by atoms with Crippen LogP contribution in [0.1, 0.15) is 58.3 Å². The third-order valence-electron chi connectivity index (χ3n) is 5.73. The molecule has 90 valence electrons. The zero-order valence-electron chi connectivity index (χ0n) is 10.5. The molecule has 1 heteroatoms. The van der Waals surface area contributed by atoms with Gasteiger partial charge in [0.05, 0.1) is 0 Å². The van der Waals surface area contributed by atoms with Crippen LogP contribution in [0.5, 0.6) is 0 Å². The second kappa shape index (κ2) is 4.16. The topological polar surface area (TPSA) is 17.1 Å². The standard InChI is InChI=1S/C15H24O/c1-10-4-2-5-11(10)13-8-9-14-12(13)6-3-7-15(14)16/h10-14H,2-9H2,1H3/t10?,11?,12-,13?,14+/m1/s1. The fourth-order valence-electron chi connectivity index (χ4n) is 4.95. The largest absolute Gasteiger partial charge is 0.299 e. The number of fused-ring (bicyclic) bond motifs is 1. The molecule has 0 heterocycles. The van der Waals surface area contributed by atoms with E-state index in [0.29, 0.717) is 11.7 Å². The van der Waals surface area contributed by atoms with Crippen molar-refractivity contribution in [3.05, 3.63) is 0 Å². The second-order valence-corrected chi connectivity index (χ2v) is 6.44. The molecule has 3 aliphatic rings. The van der Waals surface area contributed by atoms with E-state index >= 15 is 0 Å². The Bertz CT molecular complexity index is 283. The SMILES string of the molecule is CC1CCCC1C1CC[C@@H]2C(=O)CCC[C@H]12. The van der Waals surface area contributed by atoms with Crippen molar-refractivity contribution in [1.29, 1.82) is 0 Å². The second-order valence-electron chi connectivity index (χ2n) is 6.44. The highest BCUT2D eigenvalue weighted by Gasteiger charge is 2.46. The van der Waals surface area contributed by atoms with Gasteiger partial charge in [0.1, 0.15) is 5.78 Å². The smallest absolute Gasteiger partial charge is 0.136 e. The van der Waals surface area contributed by atoms with Gasteiger partial charge in [-0.3, -0.25) is 4.79 Å². The molecular formula is C15H24O. The molecule has 0 radical (unpaired) electrons. The van der Waals surface area contributed by atoms with Crippen LogP contribution < -0.4 is 0 Å². The third-order valence-corrected chi connectivity index (χ3v) is 5.73. The molecule has 0 saturated heterocycles. The van der Waals surface area contributed by atoms with Crippen molar-refractivity contribution in [2.45, 2.75) is 58.3 Å². The van der Waals surface area contributed by atoms with Gasteiger partial charge >= 0.3 is 0 Å². The highest BCUT2D eigenvalue weighted by Crippen LogP contribution is 2.52. The lowest BCUT2D eigenvalue weighted by atomic mass is 9.71. The highest BCUT2D eigenvalue weighted by atomic mass is 16.1. The number of Topliss-reactive ketones (excluding diaryl/α,β-unsaturated/α-hetero) is 1. The molecule has 3 fully saturated rings. The third kappa shape index (κ3) is 1.63. The van der Waals surface area contributed by atoms with Crippen LogP contribution in [0.15, 0.2) is 0 Å². The summed E-state index contributed by atoms with van der Waals surface area (Å²) in [6, 6.07) is 0. The van der Waals surface area contributed by atoms with Gasteiger partial charge in [0.25, 0.3) is 0 Å². The number of hydrogen-bond donors (Lipinski definition) is 0. The van der Waals surface area contributed by atoms with E-state index < -0.39 is 0 Å². The highest BCUT2D eigenvalue weighted by molar-refractivity contribution is 5.82. The molecule has 3 unspecified atom stereocenters. The lowest BCUT2D eigenvalue weighted by Gasteiger charge is -2.33. The van der Waals surface area contributed by atoms with Crippen LogP contribution in [-0.4, -0.2) is 5.78 Å². The quantitative estimate of drug-likeness (QED) is 0.656.